The van der Waals surface area contributed by atoms with Gasteiger partial charge in [0, 0.05) is 16.3 Å². The van der Waals surface area contributed by atoms with Gasteiger partial charge in [-0.15, -0.1) is 0 Å². The Labute approximate surface area is 189 Å². The minimum Gasteiger partial charge on any atom is -0.508 e. The maximum Gasteiger partial charge on any atom is 0.300 e. The van der Waals surface area contributed by atoms with Crippen LogP contribution < -0.4 is 9.64 Å². The van der Waals surface area contributed by atoms with E-state index in [4.69, 9.17) is 16.3 Å². The van der Waals surface area contributed by atoms with Crippen LogP contribution in [0.5, 0.6) is 11.5 Å². The summed E-state index contributed by atoms with van der Waals surface area (Å²) in [6.45, 7) is 1.81. The summed E-state index contributed by atoms with van der Waals surface area (Å²) in [6, 6.07) is 16.8. The van der Waals surface area contributed by atoms with Gasteiger partial charge in [-0.1, -0.05) is 29.8 Å². The Hall–Kier alpha value is -3.77. The highest BCUT2D eigenvalue weighted by atomic mass is 35.5. The van der Waals surface area contributed by atoms with Crippen LogP contribution in [0, 0.1) is 6.92 Å². The number of halogens is 1. The van der Waals surface area contributed by atoms with Crippen LogP contribution in [0.2, 0.25) is 5.02 Å². The summed E-state index contributed by atoms with van der Waals surface area (Å²) in [5, 5.41) is 21.6. The number of carbonyl (C=O) groups excluding carboxylic acids is 2. The number of hydrogen-bond donors (Lipinski definition) is 2. The zero-order valence-electron chi connectivity index (χ0n) is 17.4. The molecule has 3 aromatic rings. The summed E-state index contributed by atoms with van der Waals surface area (Å²) < 4.78 is 5.27. The van der Waals surface area contributed by atoms with E-state index in [1.165, 1.54) is 17.0 Å². The van der Waals surface area contributed by atoms with Crippen molar-refractivity contribution in [1.29, 1.82) is 0 Å². The molecule has 7 heteroatoms. The lowest BCUT2D eigenvalue weighted by Gasteiger charge is -2.25. The second-order valence-corrected chi connectivity index (χ2v) is 7.86. The van der Waals surface area contributed by atoms with Gasteiger partial charge in [-0.25, -0.2) is 0 Å². The molecule has 1 heterocycles. The topological polar surface area (TPSA) is 87.1 Å². The largest absolute Gasteiger partial charge is 0.508 e. The molecule has 1 fully saturated rings. The summed E-state index contributed by atoms with van der Waals surface area (Å²) in [4.78, 5) is 27.5. The Bertz CT molecular complexity index is 1270. The third-order valence-electron chi connectivity index (χ3n) is 5.39. The van der Waals surface area contributed by atoms with E-state index in [9.17, 15) is 19.8 Å². The predicted octanol–water partition coefficient (Wildman–Crippen LogP) is 4.99. The molecule has 1 unspecified atom stereocenters. The number of methoxy groups -OCH3 is 1. The number of benzene rings is 3. The number of Topliss-reactive ketones (excluding diaryl/α,β-unsaturated/α-hetero) is 1. The lowest BCUT2D eigenvalue weighted by molar-refractivity contribution is -0.132. The molecule has 1 saturated heterocycles. The Morgan fingerprint density at radius 1 is 1.03 bits per heavy atom. The van der Waals surface area contributed by atoms with Crippen molar-refractivity contribution >= 4 is 34.7 Å². The van der Waals surface area contributed by atoms with Crippen molar-refractivity contribution in [2.75, 3.05) is 12.0 Å². The number of ketones is 1. The van der Waals surface area contributed by atoms with Gasteiger partial charge in [0.15, 0.2) is 0 Å². The predicted molar refractivity (Wildman–Crippen MR) is 122 cm³/mol. The van der Waals surface area contributed by atoms with Gasteiger partial charge >= 0.3 is 0 Å². The molecule has 4 rings (SSSR count). The monoisotopic (exact) mass is 449 g/mol. The number of phenols is 1. The lowest BCUT2D eigenvalue weighted by Crippen LogP contribution is -2.29. The molecule has 32 heavy (non-hydrogen) atoms. The van der Waals surface area contributed by atoms with Crippen molar-refractivity contribution in [2.24, 2.45) is 0 Å². The van der Waals surface area contributed by atoms with Gasteiger partial charge in [0.2, 0.25) is 0 Å². The Balaban J connectivity index is 1.95. The fourth-order valence-corrected chi connectivity index (χ4v) is 4.10. The Kier molecular flexibility index (Phi) is 5.63. The fourth-order valence-electron chi connectivity index (χ4n) is 3.92. The van der Waals surface area contributed by atoms with Gasteiger partial charge in [0.1, 0.15) is 17.3 Å². The first-order valence-corrected chi connectivity index (χ1v) is 10.2. The molecule has 0 aliphatic carbocycles. The van der Waals surface area contributed by atoms with Crippen LogP contribution in [-0.2, 0) is 9.59 Å². The van der Waals surface area contributed by atoms with E-state index in [0.717, 1.165) is 5.56 Å². The Morgan fingerprint density at radius 2 is 1.78 bits per heavy atom. The maximum absolute atomic E-state index is 13.1. The van der Waals surface area contributed by atoms with E-state index in [-0.39, 0.29) is 17.1 Å². The fraction of sp³-hybridized carbons (Fsp3) is 0.120. The lowest BCUT2D eigenvalue weighted by atomic mass is 9.94. The molecule has 0 radical (unpaired) electrons. The van der Waals surface area contributed by atoms with E-state index >= 15 is 0 Å². The van der Waals surface area contributed by atoms with Crippen LogP contribution in [-0.4, -0.2) is 29.0 Å². The zero-order valence-corrected chi connectivity index (χ0v) is 18.1. The van der Waals surface area contributed by atoms with E-state index in [2.05, 4.69) is 0 Å². The van der Waals surface area contributed by atoms with Gasteiger partial charge in [0.25, 0.3) is 11.7 Å². The molecule has 162 valence electrons. The normalized spacial score (nSPS) is 17.6. The van der Waals surface area contributed by atoms with Crippen LogP contribution in [0.15, 0.2) is 72.3 Å². The van der Waals surface area contributed by atoms with Crippen LogP contribution in [0.1, 0.15) is 22.7 Å². The van der Waals surface area contributed by atoms with E-state index in [1.807, 2.05) is 6.92 Å². The van der Waals surface area contributed by atoms with Crippen molar-refractivity contribution in [3.8, 4) is 11.5 Å². The number of aryl methyl sites for hydroxylation is 1. The number of carbonyl (C=O) groups is 2. The molecular weight excluding hydrogens is 430 g/mol. The van der Waals surface area contributed by atoms with Crippen LogP contribution >= 0.6 is 11.6 Å². The molecular formula is C25H20ClNO5. The third-order valence-corrected chi connectivity index (χ3v) is 5.62. The zero-order chi connectivity index (χ0) is 23.0. The van der Waals surface area contributed by atoms with Crippen molar-refractivity contribution < 1.29 is 24.5 Å². The summed E-state index contributed by atoms with van der Waals surface area (Å²) in [6.07, 6.45) is 0. The second kappa shape index (κ2) is 8.40. The first-order chi connectivity index (χ1) is 15.3. The molecule has 0 bridgehead atoms. The van der Waals surface area contributed by atoms with Crippen LogP contribution in [0.4, 0.5) is 5.69 Å². The summed E-state index contributed by atoms with van der Waals surface area (Å²) in [7, 11) is 1.54. The molecule has 2 N–H and O–H groups in total. The number of aliphatic hydroxyl groups excluding tert-OH is 1. The second-order valence-electron chi connectivity index (χ2n) is 7.43. The molecule has 1 amide bonds. The van der Waals surface area contributed by atoms with Gasteiger partial charge < -0.3 is 14.9 Å². The maximum atomic E-state index is 13.1. The highest BCUT2D eigenvalue weighted by Gasteiger charge is 2.47. The third kappa shape index (κ3) is 3.69. The van der Waals surface area contributed by atoms with E-state index in [0.29, 0.717) is 27.6 Å². The number of phenolic OH excluding ortho intramolecular Hbond substituents is 1. The molecule has 0 spiro atoms. The van der Waals surface area contributed by atoms with Crippen molar-refractivity contribution in [2.45, 2.75) is 13.0 Å². The number of aromatic hydroxyl groups is 1. The van der Waals surface area contributed by atoms with Crippen molar-refractivity contribution in [3.63, 3.8) is 0 Å². The standard InChI is InChI=1S/C25H20ClNO5/c1-14-11-16(9-10-20(14)32-2)23(29)21-22(15-5-3-8-19(28)12-15)27(25(31)24(21)30)18-7-4-6-17(26)13-18/h3-13,22,28-29H,1-2H3/b23-21+. The van der Waals surface area contributed by atoms with Crippen LogP contribution in [0.25, 0.3) is 5.76 Å². The number of hydrogen-bond acceptors (Lipinski definition) is 5. The molecule has 3 aromatic carbocycles. The minimum absolute atomic E-state index is 0.0283. The van der Waals surface area contributed by atoms with Crippen molar-refractivity contribution in [3.05, 3.63) is 94.0 Å². The smallest absolute Gasteiger partial charge is 0.300 e. The van der Waals surface area contributed by atoms with E-state index < -0.39 is 17.7 Å². The average molecular weight is 450 g/mol. The molecule has 6 nitrogen and oxygen atoms in total. The summed E-state index contributed by atoms with van der Waals surface area (Å²) in [5.41, 5.74) is 1.92. The first-order valence-electron chi connectivity index (χ1n) is 9.82. The quantitative estimate of drug-likeness (QED) is 0.333. The molecule has 0 saturated carbocycles. The highest BCUT2D eigenvalue weighted by molar-refractivity contribution is 6.51. The number of nitrogens with zero attached hydrogens (tertiary/aromatic N) is 1. The first kappa shape index (κ1) is 21.5. The van der Waals surface area contributed by atoms with Gasteiger partial charge in [-0.3, -0.25) is 14.5 Å². The summed E-state index contributed by atoms with van der Waals surface area (Å²) in [5.74, 6) is -1.34. The summed E-state index contributed by atoms with van der Waals surface area (Å²) >= 11 is 6.13. The molecule has 1 atom stereocenters. The number of anilines is 1. The van der Waals surface area contributed by atoms with E-state index in [1.54, 1.807) is 61.7 Å². The Morgan fingerprint density at radius 3 is 2.44 bits per heavy atom. The van der Waals surface area contributed by atoms with Gasteiger partial charge in [-0.05, 0) is 66.6 Å². The SMILES string of the molecule is COc1ccc(/C(O)=C2\C(=O)C(=O)N(c3cccc(Cl)c3)C2c2cccc(O)c2)cc1C. The minimum atomic E-state index is -0.956. The van der Waals surface area contributed by atoms with Crippen LogP contribution in [0.3, 0.4) is 0 Å². The molecule has 1 aliphatic heterocycles. The number of amides is 1. The number of ether oxygens (including phenoxy) is 1. The molecule has 0 aromatic heterocycles. The van der Waals surface area contributed by atoms with Crippen molar-refractivity contribution in [1.82, 2.24) is 0 Å². The van der Waals surface area contributed by atoms with Gasteiger partial charge in [0.05, 0.1) is 18.7 Å². The highest BCUT2D eigenvalue weighted by Crippen LogP contribution is 2.43. The molecule has 1 aliphatic rings. The van der Waals surface area contributed by atoms with Gasteiger partial charge in [-0.2, -0.15) is 0 Å². The average Bonchev–Trinajstić information content (AvgIpc) is 3.04. The number of aliphatic hydroxyl groups is 1. The number of rotatable bonds is 4.